The molecule has 0 saturated heterocycles. The van der Waals surface area contributed by atoms with Gasteiger partial charge in [0.15, 0.2) is 0 Å². The van der Waals surface area contributed by atoms with Gasteiger partial charge in [-0.1, -0.05) is 0 Å². The molecule has 1 aromatic rings. The lowest BCUT2D eigenvalue weighted by atomic mass is 10.1. The van der Waals surface area contributed by atoms with Crippen molar-refractivity contribution in [2.45, 2.75) is 19.5 Å². The smallest absolute Gasteiger partial charge is 0.315 e. The second-order valence-corrected chi connectivity index (χ2v) is 4.70. The number of hydrogen-bond donors (Lipinski definition) is 2. The highest BCUT2D eigenvalue weighted by Gasteiger charge is 2.17. The second-order valence-electron chi connectivity index (χ2n) is 4.70. The van der Waals surface area contributed by atoms with Gasteiger partial charge < -0.3 is 15.5 Å². The Hall–Kier alpha value is -2.62. The van der Waals surface area contributed by atoms with Crippen molar-refractivity contribution in [2.75, 3.05) is 14.1 Å². The number of amides is 3. The van der Waals surface area contributed by atoms with E-state index in [1.165, 1.54) is 23.1 Å². The molecule has 1 atom stereocenters. The van der Waals surface area contributed by atoms with E-state index in [1.54, 1.807) is 21.0 Å². The first kappa shape index (κ1) is 16.4. The third kappa shape index (κ3) is 4.76. The Balaban J connectivity index is 2.58. The summed E-state index contributed by atoms with van der Waals surface area (Å²) in [5, 5.41) is 13.6. The molecule has 0 saturated carbocycles. The predicted octanol–water partition coefficient (Wildman–Crippen LogP) is 0.973. The third-order valence-corrected chi connectivity index (χ3v) is 2.77. The summed E-state index contributed by atoms with van der Waals surface area (Å²) in [6, 6.07) is 4.52. The quantitative estimate of drug-likeness (QED) is 0.867. The van der Waals surface area contributed by atoms with Crippen LogP contribution in [-0.2, 0) is 11.3 Å². The van der Waals surface area contributed by atoms with E-state index in [2.05, 4.69) is 10.6 Å². The van der Waals surface area contributed by atoms with Crippen molar-refractivity contribution in [2.24, 2.45) is 0 Å². The first-order valence-corrected chi connectivity index (χ1v) is 6.29. The molecule has 1 aromatic carbocycles. The fourth-order valence-corrected chi connectivity index (χ4v) is 1.65. The van der Waals surface area contributed by atoms with Crippen LogP contribution < -0.4 is 10.6 Å². The maximum Gasteiger partial charge on any atom is 0.315 e. The van der Waals surface area contributed by atoms with Crippen LogP contribution in [0.25, 0.3) is 0 Å². The van der Waals surface area contributed by atoms with Crippen molar-refractivity contribution in [1.82, 2.24) is 15.5 Å². The zero-order valence-corrected chi connectivity index (χ0v) is 12.1. The van der Waals surface area contributed by atoms with Gasteiger partial charge >= 0.3 is 6.03 Å². The molecule has 0 aromatic heterocycles. The third-order valence-electron chi connectivity index (χ3n) is 2.77. The molecule has 0 aliphatic carbocycles. The monoisotopic (exact) mass is 292 g/mol. The average Bonchev–Trinajstić information content (AvgIpc) is 2.45. The largest absolute Gasteiger partial charge is 0.347 e. The number of benzene rings is 1. The van der Waals surface area contributed by atoms with Crippen molar-refractivity contribution in [3.63, 3.8) is 0 Å². The Morgan fingerprint density at radius 1 is 1.43 bits per heavy atom. The predicted molar refractivity (Wildman–Crippen MR) is 74.6 cm³/mol. The van der Waals surface area contributed by atoms with Crippen LogP contribution in [-0.4, -0.2) is 37.0 Å². The SMILES string of the molecule is C[C@@H](NC(=O)NCc1cc(C#N)ccc1F)C(=O)N(C)C. The minimum absolute atomic E-state index is 0.0734. The Morgan fingerprint density at radius 2 is 2.10 bits per heavy atom. The summed E-state index contributed by atoms with van der Waals surface area (Å²) in [6.45, 7) is 1.48. The molecule has 0 aliphatic heterocycles. The summed E-state index contributed by atoms with van der Waals surface area (Å²) in [5.41, 5.74) is 0.514. The van der Waals surface area contributed by atoms with Crippen molar-refractivity contribution < 1.29 is 14.0 Å². The average molecular weight is 292 g/mol. The number of nitrogens with one attached hydrogen (secondary N) is 2. The molecule has 7 heteroatoms. The minimum Gasteiger partial charge on any atom is -0.347 e. The zero-order valence-electron chi connectivity index (χ0n) is 12.1. The van der Waals surface area contributed by atoms with Crippen molar-refractivity contribution >= 4 is 11.9 Å². The molecule has 0 fully saturated rings. The molecular weight excluding hydrogens is 275 g/mol. The fourth-order valence-electron chi connectivity index (χ4n) is 1.65. The standard InChI is InChI=1S/C14H17FN4O2/c1-9(13(20)19(2)3)18-14(21)17-8-11-6-10(7-16)4-5-12(11)15/h4-6,9H,8H2,1-3H3,(H2,17,18,21)/t9-/m1/s1. The first-order chi connectivity index (χ1) is 9.85. The van der Waals surface area contributed by atoms with Gasteiger partial charge in [-0.25, -0.2) is 9.18 Å². The molecule has 21 heavy (non-hydrogen) atoms. The topological polar surface area (TPSA) is 85.2 Å². The molecule has 0 radical (unpaired) electrons. The highest BCUT2D eigenvalue weighted by atomic mass is 19.1. The normalized spacial score (nSPS) is 11.2. The number of urea groups is 1. The highest BCUT2D eigenvalue weighted by molar-refractivity contribution is 5.86. The van der Waals surface area contributed by atoms with Crippen LogP contribution in [0.2, 0.25) is 0 Å². The molecule has 0 spiro atoms. The van der Waals surface area contributed by atoms with E-state index in [0.717, 1.165) is 0 Å². The maximum absolute atomic E-state index is 13.5. The minimum atomic E-state index is -0.685. The summed E-state index contributed by atoms with van der Waals surface area (Å²) < 4.78 is 13.5. The summed E-state index contributed by atoms with van der Waals surface area (Å²) in [7, 11) is 3.17. The molecule has 112 valence electrons. The molecule has 3 amide bonds. The Kier molecular flexibility index (Phi) is 5.67. The molecule has 0 heterocycles. The van der Waals surface area contributed by atoms with E-state index in [1.807, 2.05) is 6.07 Å². The number of rotatable bonds is 4. The Bertz CT molecular complexity index is 581. The Labute approximate surface area is 122 Å². The van der Waals surface area contributed by atoms with Gasteiger partial charge in [0, 0.05) is 26.2 Å². The van der Waals surface area contributed by atoms with Crippen LogP contribution in [0.1, 0.15) is 18.1 Å². The lowest BCUT2D eigenvalue weighted by Gasteiger charge is -2.18. The zero-order chi connectivity index (χ0) is 16.0. The van der Waals surface area contributed by atoms with Crippen LogP contribution in [0, 0.1) is 17.1 Å². The number of likely N-dealkylation sites (N-methyl/N-ethyl adjacent to an activating group) is 1. The molecule has 0 bridgehead atoms. The first-order valence-electron chi connectivity index (χ1n) is 6.29. The molecular formula is C14H17FN4O2. The van der Waals surface area contributed by atoms with Crippen molar-refractivity contribution in [3.8, 4) is 6.07 Å². The maximum atomic E-state index is 13.5. The number of carbonyl (C=O) groups is 2. The van der Waals surface area contributed by atoms with Gasteiger partial charge in [-0.15, -0.1) is 0 Å². The van der Waals surface area contributed by atoms with Gasteiger partial charge in [0.1, 0.15) is 11.9 Å². The lowest BCUT2D eigenvalue weighted by Crippen LogP contribution is -2.47. The van der Waals surface area contributed by atoms with E-state index in [9.17, 15) is 14.0 Å². The van der Waals surface area contributed by atoms with E-state index >= 15 is 0 Å². The van der Waals surface area contributed by atoms with Crippen molar-refractivity contribution in [1.29, 1.82) is 5.26 Å². The molecule has 0 unspecified atom stereocenters. The van der Waals surface area contributed by atoms with Gasteiger partial charge in [0.25, 0.3) is 0 Å². The molecule has 1 rings (SSSR count). The number of halogens is 1. The summed E-state index contributed by atoms with van der Waals surface area (Å²) in [6.07, 6.45) is 0. The van der Waals surface area contributed by atoms with E-state index in [-0.39, 0.29) is 18.0 Å². The van der Waals surface area contributed by atoms with E-state index < -0.39 is 17.9 Å². The van der Waals surface area contributed by atoms with Crippen LogP contribution in [0.15, 0.2) is 18.2 Å². The summed E-state index contributed by atoms with van der Waals surface area (Å²) in [5.74, 6) is -0.755. The van der Waals surface area contributed by atoms with Gasteiger partial charge in [-0.3, -0.25) is 4.79 Å². The van der Waals surface area contributed by atoms with Crippen LogP contribution in [0.3, 0.4) is 0 Å². The second kappa shape index (κ2) is 7.24. The summed E-state index contributed by atoms with van der Waals surface area (Å²) >= 11 is 0. The number of carbonyl (C=O) groups excluding carboxylic acids is 2. The van der Waals surface area contributed by atoms with Crippen LogP contribution in [0.4, 0.5) is 9.18 Å². The van der Waals surface area contributed by atoms with Gasteiger partial charge in [-0.05, 0) is 25.1 Å². The summed E-state index contributed by atoms with van der Waals surface area (Å²) in [4.78, 5) is 24.6. The fraction of sp³-hybridized carbons (Fsp3) is 0.357. The van der Waals surface area contributed by atoms with Crippen LogP contribution in [0.5, 0.6) is 0 Å². The van der Waals surface area contributed by atoms with Crippen LogP contribution >= 0.6 is 0 Å². The van der Waals surface area contributed by atoms with Gasteiger partial charge in [0.2, 0.25) is 5.91 Å². The van der Waals surface area contributed by atoms with Gasteiger partial charge in [-0.2, -0.15) is 5.26 Å². The van der Waals surface area contributed by atoms with E-state index in [4.69, 9.17) is 5.26 Å². The molecule has 0 aliphatic rings. The number of hydrogen-bond acceptors (Lipinski definition) is 3. The number of nitriles is 1. The van der Waals surface area contributed by atoms with Crippen molar-refractivity contribution in [3.05, 3.63) is 35.1 Å². The molecule has 6 nitrogen and oxygen atoms in total. The highest BCUT2D eigenvalue weighted by Crippen LogP contribution is 2.09. The Morgan fingerprint density at radius 3 is 2.67 bits per heavy atom. The number of nitrogens with zero attached hydrogens (tertiary/aromatic N) is 2. The molecule has 2 N–H and O–H groups in total. The van der Waals surface area contributed by atoms with E-state index in [0.29, 0.717) is 5.56 Å². The lowest BCUT2D eigenvalue weighted by molar-refractivity contribution is -0.130. The van der Waals surface area contributed by atoms with Gasteiger partial charge in [0.05, 0.1) is 11.6 Å².